The SMILES string of the molecule is CC1CN(C)CCN1C(=O)C1CC2CCC1N2. The molecule has 0 spiro atoms. The number of nitrogens with zero attached hydrogens (tertiary/aromatic N) is 2. The van der Waals surface area contributed by atoms with Gasteiger partial charge in [-0.3, -0.25) is 4.79 Å². The van der Waals surface area contributed by atoms with Gasteiger partial charge in [0.15, 0.2) is 0 Å². The first kappa shape index (κ1) is 11.5. The van der Waals surface area contributed by atoms with Crippen molar-refractivity contribution in [2.45, 2.75) is 44.3 Å². The van der Waals surface area contributed by atoms with Gasteiger partial charge in [-0.05, 0) is 33.2 Å². The van der Waals surface area contributed by atoms with Crippen LogP contribution < -0.4 is 5.32 Å². The highest BCUT2D eigenvalue weighted by Gasteiger charge is 2.45. The molecule has 17 heavy (non-hydrogen) atoms. The largest absolute Gasteiger partial charge is 0.337 e. The van der Waals surface area contributed by atoms with Gasteiger partial charge >= 0.3 is 0 Å². The number of piperazine rings is 1. The molecule has 3 fully saturated rings. The van der Waals surface area contributed by atoms with Crippen molar-refractivity contribution in [3.63, 3.8) is 0 Å². The molecule has 3 saturated heterocycles. The molecule has 3 aliphatic heterocycles. The Labute approximate surface area is 103 Å². The third-order valence-electron chi connectivity index (χ3n) is 4.73. The van der Waals surface area contributed by atoms with Crippen LogP contribution in [0.2, 0.25) is 0 Å². The standard InChI is InChI=1S/C13H23N3O/c1-9-8-15(2)5-6-16(9)13(17)11-7-10-3-4-12(11)14-10/h9-12,14H,3-8H2,1-2H3. The number of rotatable bonds is 1. The minimum Gasteiger partial charge on any atom is -0.337 e. The number of hydrogen-bond acceptors (Lipinski definition) is 3. The van der Waals surface area contributed by atoms with E-state index in [4.69, 9.17) is 0 Å². The normalized spacial score (nSPS) is 42.1. The lowest BCUT2D eigenvalue weighted by Gasteiger charge is -2.40. The zero-order valence-electron chi connectivity index (χ0n) is 10.9. The number of nitrogens with one attached hydrogen (secondary N) is 1. The second kappa shape index (κ2) is 4.25. The van der Waals surface area contributed by atoms with Gasteiger partial charge in [-0.2, -0.15) is 0 Å². The molecule has 0 saturated carbocycles. The topological polar surface area (TPSA) is 35.6 Å². The Morgan fingerprint density at radius 2 is 2.12 bits per heavy atom. The zero-order valence-corrected chi connectivity index (χ0v) is 10.9. The zero-order chi connectivity index (χ0) is 12.0. The molecule has 3 rings (SSSR count). The molecule has 0 radical (unpaired) electrons. The summed E-state index contributed by atoms with van der Waals surface area (Å²) >= 11 is 0. The van der Waals surface area contributed by atoms with Crippen molar-refractivity contribution >= 4 is 5.91 Å². The molecule has 4 nitrogen and oxygen atoms in total. The van der Waals surface area contributed by atoms with Crippen LogP contribution in [0.5, 0.6) is 0 Å². The molecule has 1 amide bonds. The second-order valence-electron chi connectivity index (χ2n) is 6.03. The Balaban J connectivity index is 1.66. The van der Waals surface area contributed by atoms with Crippen molar-refractivity contribution in [2.75, 3.05) is 26.7 Å². The molecule has 2 bridgehead atoms. The minimum absolute atomic E-state index is 0.264. The minimum atomic E-state index is 0.264. The van der Waals surface area contributed by atoms with E-state index in [1.807, 2.05) is 0 Å². The van der Waals surface area contributed by atoms with Gasteiger partial charge in [-0.1, -0.05) is 0 Å². The molecule has 3 heterocycles. The van der Waals surface area contributed by atoms with Crippen LogP contribution in [0.1, 0.15) is 26.2 Å². The number of fused-ring (bicyclic) bond motifs is 2. The monoisotopic (exact) mass is 237 g/mol. The Bertz CT molecular complexity index is 320. The number of likely N-dealkylation sites (N-methyl/N-ethyl adjacent to an activating group) is 1. The van der Waals surface area contributed by atoms with Gasteiger partial charge in [-0.15, -0.1) is 0 Å². The molecule has 4 heteroatoms. The van der Waals surface area contributed by atoms with E-state index < -0.39 is 0 Å². The second-order valence-corrected chi connectivity index (χ2v) is 6.03. The van der Waals surface area contributed by atoms with Crippen LogP contribution in [-0.4, -0.2) is 60.5 Å². The average Bonchev–Trinajstić information content (AvgIpc) is 2.89. The summed E-state index contributed by atoms with van der Waals surface area (Å²) in [6, 6.07) is 1.47. The summed E-state index contributed by atoms with van der Waals surface area (Å²) in [4.78, 5) is 17.0. The molecule has 96 valence electrons. The molecule has 1 N–H and O–H groups in total. The molecule has 4 unspecified atom stereocenters. The van der Waals surface area contributed by atoms with E-state index in [2.05, 4.69) is 29.1 Å². The smallest absolute Gasteiger partial charge is 0.227 e. The lowest BCUT2D eigenvalue weighted by Crippen LogP contribution is -2.55. The highest BCUT2D eigenvalue weighted by Crippen LogP contribution is 2.34. The van der Waals surface area contributed by atoms with E-state index in [-0.39, 0.29) is 5.92 Å². The molecule has 0 aromatic rings. The fourth-order valence-corrected chi connectivity index (χ4v) is 3.78. The maximum Gasteiger partial charge on any atom is 0.227 e. The van der Waals surface area contributed by atoms with Crippen molar-refractivity contribution in [3.05, 3.63) is 0 Å². The van der Waals surface area contributed by atoms with Gasteiger partial charge in [0, 0.05) is 37.8 Å². The summed E-state index contributed by atoms with van der Waals surface area (Å²) in [5.41, 5.74) is 0. The summed E-state index contributed by atoms with van der Waals surface area (Å²) in [6.45, 7) is 5.11. The fraction of sp³-hybridized carbons (Fsp3) is 0.923. The van der Waals surface area contributed by atoms with Crippen molar-refractivity contribution in [2.24, 2.45) is 5.92 Å². The van der Waals surface area contributed by atoms with Gasteiger partial charge in [0.05, 0.1) is 5.92 Å². The molecule has 3 aliphatic rings. The third kappa shape index (κ3) is 1.97. The molecular formula is C13H23N3O. The van der Waals surface area contributed by atoms with Crippen LogP contribution in [0.3, 0.4) is 0 Å². The van der Waals surface area contributed by atoms with Crippen LogP contribution in [0, 0.1) is 5.92 Å². The fourth-order valence-electron chi connectivity index (χ4n) is 3.78. The Morgan fingerprint density at radius 3 is 2.71 bits per heavy atom. The lowest BCUT2D eigenvalue weighted by molar-refractivity contribution is -0.140. The highest BCUT2D eigenvalue weighted by molar-refractivity contribution is 5.80. The lowest BCUT2D eigenvalue weighted by atomic mass is 9.87. The number of carbonyl (C=O) groups is 1. The predicted octanol–water partition coefficient (Wildman–Crippen LogP) is 0.289. The summed E-state index contributed by atoms with van der Waals surface area (Å²) in [5.74, 6) is 0.671. The average molecular weight is 237 g/mol. The number of carbonyl (C=O) groups excluding carboxylic acids is 1. The molecule has 0 aromatic heterocycles. The van der Waals surface area contributed by atoms with E-state index in [9.17, 15) is 4.79 Å². The number of hydrogen-bond donors (Lipinski definition) is 1. The Morgan fingerprint density at radius 1 is 1.29 bits per heavy atom. The van der Waals surface area contributed by atoms with Crippen molar-refractivity contribution in [3.8, 4) is 0 Å². The summed E-state index contributed by atoms with van der Waals surface area (Å²) < 4.78 is 0. The van der Waals surface area contributed by atoms with Crippen LogP contribution in [0.15, 0.2) is 0 Å². The van der Waals surface area contributed by atoms with Gasteiger partial charge in [0.1, 0.15) is 0 Å². The van der Waals surface area contributed by atoms with E-state index in [1.165, 1.54) is 12.8 Å². The summed E-state index contributed by atoms with van der Waals surface area (Å²) in [7, 11) is 2.14. The molecule has 0 aromatic carbocycles. The molecule has 4 atom stereocenters. The Kier molecular flexibility index (Phi) is 2.87. The van der Waals surface area contributed by atoms with Crippen LogP contribution >= 0.6 is 0 Å². The highest BCUT2D eigenvalue weighted by atomic mass is 16.2. The van der Waals surface area contributed by atoms with E-state index in [1.54, 1.807) is 0 Å². The van der Waals surface area contributed by atoms with Crippen LogP contribution in [0.25, 0.3) is 0 Å². The maximum atomic E-state index is 12.6. The third-order valence-corrected chi connectivity index (χ3v) is 4.73. The van der Waals surface area contributed by atoms with Gasteiger partial charge < -0.3 is 15.1 Å². The summed E-state index contributed by atoms with van der Waals surface area (Å²) in [5, 5.41) is 3.56. The molecule has 0 aliphatic carbocycles. The maximum absolute atomic E-state index is 12.6. The predicted molar refractivity (Wildman–Crippen MR) is 66.7 cm³/mol. The molecular weight excluding hydrogens is 214 g/mol. The first-order valence-electron chi connectivity index (χ1n) is 6.90. The Hall–Kier alpha value is -0.610. The van der Waals surface area contributed by atoms with E-state index in [0.29, 0.717) is 24.0 Å². The van der Waals surface area contributed by atoms with Crippen molar-refractivity contribution < 1.29 is 4.79 Å². The first-order chi connectivity index (χ1) is 8.15. The van der Waals surface area contributed by atoms with Gasteiger partial charge in [0.2, 0.25) is 5.91 Å². The van der Waals surface area contributed by atoms with E-state index >= 15 is 0 Å². The quantitative estimate of drug-likeness (QED) is 0.712. The summed E-state index contributed by atoms with van der Waals surface area (Å²) in [6.07, 6.45) is 3.54. The van der Waals surface area contributed by atoms with Crippen molar-refractivity contribution in [1.29, 1.82) is 0 Å². The number of amides is 1. The van der Waals surface area contributed by atoms with Crippen LogP contribution in [-0.2, 0) is 4.79 Å². The van der Waals surface area contributed by atoms with Gasteiger partial charge in [0.25, 0.3) is 0 Å². The van der Waals surface area contributed by atoms with Crippen molar-refractivity contribution in [1.82, 2.24) is 15.1 Å². The first-order valence-corrected chi connectivity index (χ1v) is 6.90. The van der Waals surface area contributed by atoms with Crippen LogP contribution in [0.4, 0.5) is 0 Å². The van der Waals surface area contributed by atoms with Gasteiger partial charge in [-0.25, -0.2) is 0 Å². The van der Waals surface area contributed by atoms with E-state index in [0.717, 1.165) is 26.1 Å².